The molecule has 4 heteroatoms. The fourth-order valence-corrected chi connectivity index (χ4v) is 2.35. The van der Waals surface area contributed by atoms with Gasteiger partial charge in [-0.1, -0.05) is 0 Å². The highest BCUT2D eigenvalue weighted by molar-refractivity contribution is 7.13. The van der Waals surface area contributed by atoms with Crippen LogP contribution in [0.3, 0.4) is 0 Å². The molecule has 1 aliphatic rings. The van der Waals surface area contributed by atoms with Crippen molar-refractivity contribution in [2.75, 3.05) is 12.3 Å². The van der Waals surface area contributed by atoms with Gasteiger partial charge in [-0.05, 0) is 26.3 Å². The highest BCUT2D eigenvalue weighted by Gasteiger charge is 2.31. The van der Waals surface area contributed by atoms with Crippen molar-refractivity contribution < 1.29 is 0 Å². The maximum absolute atomic E-state index is 5.58. The Morgan fingerprint density at radius 1 is 1.75 bits per heavy atom. The number of nitrogen functional groups attached to an aromatic ring is 1. The molecule has 0 radical (unpaired) electrons. The first kappa shape index (κ1) is 8.01. The molecule has 0 bridgehead atoms. The number of hydrogen-bond acceptors (Lipinski definition) is 4. The largest absolute Gasteiger partial charge is 0.375 e. The topological polar surface area (TPSA) is 50.9 Å². The van der Waals surface area contributed by atoms with Gasteiger partial charge in [0, 0.05) is 5.38 Å². The van der Waals surface area contributed by atoms with E-state index in [0.717, 1.165) is 18.7 Å². The lowest BCUT2D eigenvalue weighted by Gasteiger charge is -2.21. The molecule has 1 aromatic rings. The van der Waals surface area contributed by atoms with Crippen LogP contribution in [0.25, 0.3) is 0 Å². The van der Waals surface area contributed by atoms with Crippen LogP contribution < -0.4 is 11.1 Å². The minimum Gasteiger partial charge on any atom is -0.375 e. The number of anilines is 1. The summed E-state index contributed by atoms with van der Waals surface area (Å²) in [6, 6.07) is 0. The predicted octanol–water partition coefficient (Wildman–Crippen LogP) is 1.32. The Hall–Kier alpha value is -0.610. The van der Waals surface area contributed by atoms with Crippen molar-refractivity contribution in [1.29, 1.82) is 0 Å². The van der Waals surface area contributed by atoms with E-state index in [4.69, 9.17) is 5.73 Å². The second-order valence-corrected chi connectivity index (χ2v) is 4.32. The van der Waals surface area contributed by atoms with E-state index in [1.165, 1.54) is 17.8 Å². The molecule has 0 aromatic carbocycles. The molecule has 0 spiro atoms. The molecule has 66 valence electrons. The SMILES string of the molecule is CC1(c2csc(N)n2)CCCN1. The summed E-state index contributed by atoms with van der Waals surface area (Å²) in [5, 5.41) is 6.17. The maximum atomic E-state index is 5.58. The number of nitrogens with one attached hydrogen (secondary N) is 1. The van der Waals surface area contributed by atoms with E-state index >= 15 is 0 Å². The Bertz CT molecular complexity index is 276. The number of aromatic nitrogens is 1. The van der Waals surface area contributed by atoms with Crippen LogP contribution in [0.2, 0.25) is 0 Å². The average molecular weight is 183 g/mol. The molecule has 1 aromatic heterocycles. The molecule has 1 fully saturated rings. The molecule has 1 aliphatic heterocycles. The first-order chi connectivity index (χ1) is 5.71. The van der Waals surface area contributed by atoms with Crippen molar-refractivity contribution in [3.05, 3.63) is 11.1 Å². The Kier molecular flexibility index (Phi) is 1.81. The Morgan fingerprint density at radius 3 is 3.08 bits per heavy atom. The van der Waals surface area contributed by atoms with Crippen LogP contribution in [0.4, 0.5) is 5.13 Å². The molecule has 1 unspecified atom stereocenters. The van der Waals surface area contributed by atoms with E-state index in [1.807, 2.05) is 5.38 Å². The van der Waals surface area contributed by atoms with Gasteiger partial charge in [-0.25, -0.2) is 4.98 Å². The molecular weight excluding hydrogens is 170 g/mol. The van der Waals surface area contributed by atoms with Crippen LogP contribution in [0.15, 0.2) is 5.38 Å². The Morgan fingerprint density at radius 2 is 2.58 bits per heavy atom. The van der Waals surface area contributed by atoms with E-state index in [1.54, 1.807) is 0 Å². The normalized spacial score (nSPS) is 29.4. The van der Waals surface area contributed by atoms with Gasteiger partial charge in [0.1, 0.15) is 0 Å². The smallest absolute Gasteiger partial charge is 0.180 e. The molecule has 2 heterocycles. The van der Waals surface area contributed by atoms with Gasteiger partial charge >= 0.3 is 0 Å². The zero-order valence-corrected chi connectivity index (χ0v) is 7.95. The molecule has 1 atom stereocenters. The molecule has 2 rings (SSSR count). The molecule has 3 N–H and O–H groups in total. The zero-order chi connectivity index (χ0) is 8.60. The van der Waals surface area contributed by atoms with E-state index in [0.29, 0.717) is 5.13 Å². The Balaban J connectivity index is 2.28. The van der Waals surface area contributed by atoms with Crippen LogP contribution in [0.5, 0.6) is 0 Å². The van der Waals surface area contributed by atoms with Crippen LogP contribution in [-0.2, 0) is 5.54 Å². The third-order valence-corrected chi connectivity index (χ3v) is 3.13. The van der Waals surface area contributed by atoms with Crippen LogP contribution in [-0.4, -0.2) is 11.5 Å². The van der Waals surface area contributed by atoms with Crippen molar-refractivity contribution in [3.8, 4) is 0 Å². The van der Waals surface area contributed by atoms with Crippen molar-refractivity contribution in [2.24, 2.45) is 0 Å². The lowest BCUT2D eigenvalue weighted by Crippen LogP contribution is -2.33. The standard InChI is InChI=1S/C8H13N3S/c1-8(3-2-4-10-8)6-5-12-7(9)11-6/h5,10H,2-4H2,1H3,(H2,9,11). The first-order valence-electron chi connectivity index (χ1n) is 4.17. The summed E-state index contributed by atoms with van der Waals surface area (Å²) in [4.78, 5) is 4.30. The van der Waals surface area contributed by atoms with Gasteiger partial charge in [-0.15, -0.1) is 11.3 Å². The van der Waals surface area contributed by atoms with Gasteiger partial charge in [0.05, 0.1) is 11.2 Å². The third kappa shape index (κ3) is 1.21. The lowest BCUT2D eigenvalue weighted by molar-refractivity contribution is 0.424. The fourth-order valence-electron chi connectivity index (χ4n) is 1.65. The predicted molar refractivity (Wildman–Crippen MR) is 51.1 cm³/mol. The number of rotatable bonds is 1. The van der Waals surface area contributed by atoms with E-state index in [2.05, 4.69) is 17.2 Å². The van der Waals surface area contributed by atoms with Crippen molar-refractivity contribution >= 4 is 16.5 Å². The van der Waals surface area contributed by atoms with Gasteiger partial charge in [-0.2, -0.15) is 0 Å². The van der Waals surface area contributed by atoms with Gasteiger partial charge < -0.3 is 11.1 Å². The quantitative estimate of drug-likeness (QED) is 0.690. The van der Waals surface area contributed by atoms with Crippen molar-refractivity contribution in [2.45, 2.75) is 25.3 Å². The van der Waals surface area contributed by atoms with E-state index in [9.17, 15) is 0 Å². The maximum Gasteiger partial charge on any atom is 0.180 e. The van der Waals surface area contributed by atoms with Crippen molar-refractivity contribution in [3.63, 3.8) is 0 Å². The second kappa shape index (κ2) is 2.71. The number of nitrogens with zero attached hydrogens (tertiary/aromatic N) is 1. The van der Waals surface area contributed by atoms with Gasteiger partial charge in [0.25, 0.3) is 0 Å². The second-order valence-electron chi connectivity index (χ2n) is 3.43. The third-order valence-electron chi connectivity index (χ3n) is 2.46. The summed E-state index contributed by atoms with van der Waals surface area (Å²) in [6.07, 6.45) is 2.39. The average Bonchev–Trinajstić information content (AvgIpc) is 2.59. The van der Waals surface area contributed by atoms with Crippen molar-refractivity contribution in [1.82, 2.24) is 10.3 Å². The number of hydrogen-bond donors (Lipinski definition) is 2. The summed E-state index contributed by atoms with van der Waals surface area (Å²) < 4.78 is 0. The van der Waals surface area contributed by atoms with Crippen LogP contribution in [0, 0.1) is 0 Å². The van der Waals surface area contributed by atoms with Gasteiger partial charge in [0.15, 0.2) is 5.13 Å². The molecule has 0 aliphatic carbocycles. The molecule has 1 saturated heterocycles. The molecule has 3 nitrogen and oxygen atoms in total. The molecular formula is C8H13N3S. The summed E-state index contributed by atoms with van der Waals surface area (Å²) in [6.45, 7) is 3.28. The number of nitrogens with two attached hydrogens (primary N) is 1. The highest BCUT2D eigenvalue weighted by Crippen LogP contribution is 2.31. The van der Waals surface area contributed by atoms with Crippen LogP contribution in [0.1, 0.15) is 25.5 Å². The van der Waals surface area contributed by atoms with Gasteiger partial charge in [-0.3, -0.25) is 0 Å². The summed E-state index contributed by atoms with van der Waals surface area (Å²) in [7, 11) is 0. The van der Waals surface area contributed by atoms with E-state index < -0.39 is 0 Å². The fraction of sp³-hybridized carbons (Fsp3) is 0.625. The van der Waals surface area contributed by atoms with E-state index in [-0.39, 0.29) is 5.54 Å². The Labute approximate surface area is 76.0 Å². The zero-order valence-electron chi connectivity index (χ0n) is 7.13. The summed E-state index contributed by atoms with van der Waals surface area (Å²) in [5.74, 6) is 0. The molecule has 12 heavy (non-hydrogen) atoms. The molecule has 0 saturated carbocycles. The number of thiazole rings is 1. The van der Waals surface area contributed by atoms with Crippen LogP contribution >= 0.6 is 11.3 Å². The first-order valence-corrected chi connectivity index (χ1v) is 5.05. The minimum absolute atomic E-state index is 0.0775. The summed E-state index contributed by atoms with van der Waals surface area (Å²) in [5.41, 5.74) is 6.76. The monoisotopic (exact) mass is 183 g/mol. The molecule has 0 amide bonds. The van der Waals surface area contributed by atoms with Gasteiger partial charge in [0.2, 0.25) is 0 Å². The summed E-state index contributed by atoms with van der Waals surface area (Å²) >= 11 is 1.52. The lowest BCUT2D eigenvalue weighted by atomic mass is 9.97. The minimum atomic E-state index is 0.0775. The highest BCUT2D eigenvalue weighted by atomic mass is 32.1.